The molecule has 5 rings (SSSR count). The average molecular weight is 459 g/mol. The minimum Gasteiger partial charge on any atom is -0.493 e. The second-order valence-electron chi connectivity index (χ2n) is 10.00. The largest absolute Gasteiger partial charge is 0.493 e. The third kappa shape index (κ3) is 4.75. The van der Waals surface area contributed by atoms with Crippen molar-refractivity contribution >= 4 is 17.9 Å². The van der Waals surface area contributed by atoms with E-state index in [-0.39, 0.29) is 17.2 Å². The van der Waals surface area contributed by atoms with Crippen LogP contribution in [0.25, 0.3) is 6.08 Å². The summed E-state index contributed by atoms with van der Waals surface area (Å²) in [6.07, 6.45) is 7.50. The molecule has 2 amide bonds. The van der Waals surface area contributed by atoms with E-state index in [9.17, 15) is 9.59 Å². The maximum Gasteiger partial charge on any atom is 0.246 e. The quantitative estimate of drug-likeness (QED) is 0.588. The van der Waals surface area contributed by atoms with Gasteiger partial charge in [0.25, 0.3) is 0 Å². The molecule has 178 valence electrons. The van der Waals surface area contributed by atoms with E-state index in [2.05, 4.69) is 29.2 Å². The first-order chi connectivity index (χ1) is 16.6. The van der Waals surface area contributed by atoms with Gasteiger partial charge < -0.3 is 14.5 Å². The van der Waals surface area contributed by atoms with Gasteiger partial charge in [-0.05, 0) is 61.6 Å². The molecule has 1 saturated carbocycles. The molecule has 0 radical (unpaired) electrons. The molecule has 3 fully saturated rings. The molecule has 3 aliphatic rings. The molecule has 0 N–H and O–H groups in total. The Kier molecular flexibility index (Phi) is 6.44. The lowest BCUT2D eigenvalue weighted by Crippen LogP contribution is -2.44. The predicted octanol–water partition coefficient (Wildman–Crippen LogP) is 4.74. The van der Waals surface area contributed by atoms with Crippen molar-refractivity contribution in [2.75, 3.05) is 32.8 Å². The fourth-order valence-corrected chi connectivity index (χ4v) is 5.68. The summed E-state index contributed by atoms with van der Waals surface area (Å²) in [5, 5.41) is 0. The molecule has 5 heteroatoms. The minimum atomic E-state index is 0.0516. The average Bonchev–Trinajstić information content (AvgIpc) is 3.58. The van der Waals surface area contributed by atoms with Crippen LogP contribution in [-0.4, -0.2) is 54.4 Å². The monoisotopic (exact) mass is 458 g/mol. The summed E-state index contributed by atoms with van der Waals surface area (Å²) in [6.45, 7) is 5.78. The Labute approximate surface area is 202 Å². The van der Waals surface area contributed by atoms with Crippen molar-refractivity contribution in [3.05, 3.63) is 71.8 Å². The lowest BCUT2D eigenvalue weighted by Gasteiger charge is -2.39. The van der Waals surface area contributed by atoms with Gasteiger partial charge in [0.05, 0.1) is 6.61 Å². The fraction of sp³-hybridized carbons (Fsp3) is 0.448. The van der Waals surface area contributed by atoms with Crippen LogP contribution in [0, 0.1) is 11.3 Å². The van der Waals surface area contributed by atoms with Crippen molar-refractivity contribution in [3.8, 4) is 5.75 Å². The van der Waals surface area contributed by atoms with Gasteiger partial charge in [-0.25, -0.2) is 0 Å². The molecular formula is C29H34N2O3. The number of carbonyl (C=O) groups excluding carboxylic acids is 2. The number of piperidine rings is 1. The molecule has 1 aliphatic carbocycles. The van der Waals surface area contributed by atoms with E-state index in [0.29, 0.717) is 18.4 Å². The first-order valence-electron chi connectivity index (χ1n) is 12.6. The van der Waals surface area contributed by atoms with Gasteiger partial charge in [-0.1, -0.05) is 48.5 Å². The van der Waals surface area contributed by atoms with Crippen LogP contribution < -0.4 is 4.74 Å². The highest BCUT2D eigenvalue weighted by molar-refractivity contribution is 5.92. The smallest absolute Gasteiger partial charge is 0.246 e. The summed E-state index contributed by atoms with van der Waals surface area (Å²) >= 11 is 0. The van der Waals surface area contributed by atoms with Crippen molar-refractivity contribution in [2.45, 2.75) is 38.5 Å². The number of carbonyl (C=O) groups is 2. The molecule has 2 heterocycles. The normalized spacial score (nSPS) is 23.4. The van der Waals surface area contributed by atoms with Crippen molar-refractivity contribution in [1.29, 1.82) is 0 Å². The number of rotatable bonds is 6. The highest BCUT2D eigenvalue weighted by atomic mass is 16.5. The molecule has 2 unspecified atom stereocenters. The van der Waals surface area contributed by atoms with E-state index in [1.807, 2.05) is 48.2 Å². The van der Waals surface area contributed by atoms with Crippen molar-refractivity contribution < 1.29 is 14.3 Å². The Balaban J connectivity index is 1.13. The van der Waals surface area contributed by atoms with Crippen molar-refractivity contribution in [1.82, 2.24) is 9.80 Å². The molecule has 2 saturated heterocycles. The van der Waals surface area contributed by atoms with Gasteiger partial charge in [-0.15, -0.1) is 0 Å². The first-order valence-corrected chi connectivity index (χ1v) is 12.6. The highest BCUT2D eigenvalue weighted by Crippen LogP contribution is 2.50. The molecule has 1 spiro atoms. The Morgan fingerprint density at radius 3 is 2.38 bits per heavy atom. The van der Waals surface area contributed by atoms with Gasteiger partial charge in [0, 0.05) is 43.7 Å². The zero-order chi connectivity index (χ0) is 23.5. The maximum absolute atomic E-state index is 13.1. The van der Waals surface area contributed by atoms with Crippen molar-refractivity contribution in [3.63, 3.8) is 0 Å². The van der Waals surface area contributed by atoms with Crippen LogP contribution in [0.3, 0.4) is 0 Å². The molecule has 2 aromatic rings. The van der Waals surface area contributed by atoms with E-state index in [4.69, 9.17) is 4.74 Å². The van der Waals surface area contributed by atoms with Crippen LogP contribution in [-0.2, 0) is 9.59 Å². The van der Waals surface area contributed by atoms with Crippen LogP contribution in [0.1, 0.15) is 49.7 Å². The molecule has 0 aromatic heterocycles. The SMILES string of the molecule is CCOc1ccccc1C=CC(=O)N1CCC2(CC1)CCN(C(=O)C1CC1c1ccccc1)C2. The third-order valence-electron chi connectivity index (χ3n) is 7.85. The molecule has 2 atom stereocenters. The van der Waals surface area contributed by atoms with Gasteiger partial charge in [0.2, 0.25) is 11.8 Å². The zero-order valence-corrected chi connectivity index (χ0v) is 20.0. The summed E-state index contributed by atoms with van der Waals surface area (Å²) < 4.78 is 5.65. The fourth-order valence-electron chi connectivity index (χ4n) is 5.68. The molecule has 2 aromatic carbocycles. The Morgan fingerprint density at radius 1 is 0.971 bits per heavy atom. The number of hydrogen-bond donors (Lipinski definition) is 0. The number of ether oxygens (including phenoxy) is 1. The number of benzene rings is 2. The number of likely N-dealkylation sites (tertiary alicyclic amines) is 2. The predicted molar refractivity (Wildman–Crippen MR) is 133 cm³/mol. The summed E-state index contributed by atoms with van der Waals surface area (Å²) in [6, 6.07) is 18.2. The van der Waals surface area contributed by atoms with E-state index < -0.39 is 0 Å². The Bertz CT molecular complexity index is 1060. The number of amides is 2. The summed E-state index contributed by atoms with van der Waals surface area (Å²) in [4.78, 5) is 30.0. The second-order valence-corrected chi connectivity index (χ2v) is 10.00. The zero-order valence-electron chi connectivity index (χ0n) is 20.0. The van der Waals surface area contributed by atoms with E-state index in [1.165, 1.54) is 5.56 Å². The number of hydrogen-bond acceptors (Lipinski definition) is 3. The Morgan fingerprint density at radius 2 is 1.65 bits per heavy atom. The minimum absolute atomic E-state index is 0.0516. The lowest BCUT2D eigenvalue weighted by atomic mass is 9.78. The van der Waals surface area contributed by atoms with Crippen LogP contribution in [0.2, 0.25) is 0 Å². The summed E-state index contributed by atoms with van der Waals surface area (Å²) in [5.41, 5.74) is 2.39. The van der Waals surface area contributed by atoms with Gasteiger partial charge in [-0.2, -0.15) is 0 Å². The molecule has 5 nitrogen and oxygen atoms in total. The molecule has 0 bridgehead atoms. The standard InChI is InChI=1S/C29H34N2O3/c1-2-34-26-11-7-6-10-23(26)12-13-27(32)30-17-14-29(15-18-30)16-19-31(21-29)28(33)25-20-24(25)22-8-4-3-5-9-22/h3-13,24-25H,2,14-21H2,1H3. The third-order valence-corrected chi connectivity index (χ3v) is 7.85. The summed E-state index contributed by atoms with van der Waals surface area (Å²) in [7, 11) is 0. The molecule has 34 heavy (non-hydrogen) atoms. The maximum atomic E-state index is 13.1. The van der Waals surface area contributed by atoms with Crippen LogP contribution in [0.5, 0.6) is 5.75 Å². The highest BCUT2D eigenvalue weighted by Gasteiger charge is 2.49. The summed E-state index contributed by atoms with van der Waals surface area (Å²) in [5.74, 6) is 1.73. The first kappa shape index (κ1) is 22.7. The van der Waals surface area contributed by atoms with E-state index >= 15 is 0 Å². The number of para-hydroxylation sites is 1. The van der Waals surface area contributed by atoms with Gasteiger partial charge in [0.15, 0.2) is 0 Å². The van der Waals surface area contributed by atoms with E-state index in [1.54, 1.807) is 6.08 Å². The van der Waals surface area contributed by atoms with Crippen molar-refractivity contribution in [2.24, 2.45) is 11.3 Å². The number of nitrogens with zero attached hydrogens (tertiary/aromatic N) is 2. The van der Waals surface area contributed by atoms with Crippen LogP contribution in [0.15, 0.2) is 60.7 Å². The van der Waals surface area contributed by atoms with Gasteiger partial charge >= 0.3 is 0 Å². The molecule has 2 aliphatic heterocycles. The van der Waals surface area contributed by atoms with E-state index in [0.717, 1.165) is 63.2 Å². The van der Waals surface area contributed by atoms with Crippen LogP contribution in [0.4, 0.5) is 0 Å². The Hall–Kier alpha value is -3.08. The lowest BCUT2D eigenvalue weighted by molar-refractivity contribution is -0.133. The van der Waals surface area contributed by atoms with Gasteiger partial charge in [0.1, 0.15) is 5.75 Å². The topological polar surface area (TPSA) is 49.9 Å². The van der Waals surface area contributed by atoms with Gasteiger partial charge in [-0.3, -0.25) is 9.59 Å². The van der Waals surface area contributed by atoms with Crippen LogP contribution >= 0.6 is 0 Å². The molecular weight excluding hydrogens is 424 g/mol. The second kappa shape index (κ2) is 9.65.